The minimum atomic E-state index is -0.766. The highest BCUT2D eigenvalue weighted by Gasteiger charge is 2.45. The summed E-state index contributed by atoms with van der Waals surface area (Å²) in [6.07, 6.45) is -0.101. The van der Waals surface area contributed by atoms with Gasteiger partial charge in [0.1, 0.15) is 23.3 Å². The zero-order valence-corrected chi connectivity index (χ0v) is 16.6. The summed E-state index contributed by atoms with van der Waals surface area (Å²) in [5.74, 6) is -1.99. The Bertz CT molecular complexity index is 892. The van der Waals surface area contributed by atoms with Crippen molar-refractivity contribution < 1.29 is 23.1 Å². The van der Waals surface area contributed by atoms with Gasteiger partial charge in [-0.1, -0.05) is 17.4 Å². The molecule has 0 aliphatic carbocycles. The number of rotatable bonds is 3. The van der Waals surface area contributed by atoms with Gasteiger partial charge in [-0.3, -0.25) is 15.0 Å². The van der Waals surface area contributed by atoms with E-state index in [9.17, 15) is 18.4 Å². The maximum atomic E-state index is 13.9. The summed E-state index contributed by atoms with van der Waals surface area (Å²) in [6.45, 7) is 7.05. The Hall–Kier alpha value is -2.62. The predicted octanol–water partition coefficient (Wildman–Crippen LogP) is 3.82. The molecular formula is C18H20F2N4O3S. The molecule has 28 heavy (non-hydrogen) atoms. The first-order chi connectivity index (χ1) is 13.1. The highest BCUT2D eigenvalue weighted by Crippen LogP contribution is 2.32. The number of likely N-dealkylation sites (tertiary alicyclic amines) is 1. The predicted molar refractivity (Wildman–Crippen MR) is 99.8 cm³/mol. The van der Waals surface area contributed by atoms with Crippen molar-refractivity contribution in [3.63, 3.8) is 0 Å². The van der Waals surface area contributed by atoms with Crippen LogP contribution in [0.15, 0.2) is 18.2 Å². The van der Waals surface area contributed by atoms with E-state index in [1.807, 2.05) is 6.92 Å². The second kappa shape index (κ2) is 7.42. The molecule has 0 spiro atoms. The highest BCUT2D eigenvalue weighted by atomic mass is 32.1. The topological polar surface area (TPSA) is 84.4 Å². The molecule has 1 aliphatic heterocycles. The third kappa shape index (κ3) is 4.11. The van der Waals surface area contributed by atoms with Gasteiger partial charge in [-0.2, -0.15) is 0 Å². The Morgan fingerprint density at radius 2 is 1.89 bits per heavy atom. The minimum Gasteiger partial charge on any atom is -0.444 e. The van der Waals surface area contributed by atoms with Crippen LogP contribution in [0.25, 0.3) is 10.6 Å². The first-order valence-corrected chi connectivity index (χ1v) is 9.48. The molecule has 0 bridgehead atoms. The van der Waals surface area contributed by atoms with E-state index < -0.39 is 35.3 Å². The molecule has 1 aliphatic rings. The van der Waals surface area contributed by atoms with E-state index in [1.165, 1.54) is 11.0 Å². The summed E-state index contributed by atoms with van der Waals surface area (Å²) in [6, 6.07) is 2.64. The number of halogens is 2. The monoisotopic (exact) mass is 410 g/mol. The number of anilines is 1. The molecule has 1 saturated heterocycles. The number of carbonyl (C=O) groups is 2. The number of ether oxygens (including phenoxy) is 1. The van der Waals surface area contributed by atoms with Gasteiger partial charge >= 0.3 is 6.09 Å². The molecule has 1 aromatic heterocycles. The average molecular weight is 410 g/mol. The summed E-state index contributed by atoms with van der Waals surface area (Å²) >= 11 is 0.846. The van der Waals surface area contributed by atoms with Crippen LogP contribution in [0.2, 0.25) is 0 Å². The second-order valence-corrected chi connectivity index (χ2v) is 8.46. The van der Waals surface area contributed by atoms with Crippen molar-refractivity contribution in [3.8, 4) is 10.6 Å². The number of hydrogen-bond donors (Lipinski definition) is 1. The number of nitrogens with one attached hydrogen (secondary N) is 1. The van der Waals surface area contributed by atoms with E-state index in [2.05, 4.69) is 15.5 Å². The zero-order chi connectivity index (χ0) is 20.6. The Morgan fingerprint density at radius 3 is 2.46 bits per heavy atom. The first kappa shape index (κ1) is 20.1. The van der Waals surface area contributed by atoms with Gasteiger partial charge in [0, 0.05) is 6.04 Å². The Balaban J connectivity index is 1.70. The molecule has 3 rings (SSSR count). The molecule has 0 saturated carbocycles. The fourth-order valence-corrected chi connectivity index (χ4v) is 3.64. The highest BCUT2D eigenvalue weighted by molar-refractivity contribution is 7.18. The number of benzene rings is 1. The van der Waals surface area contributed by atoms with Gasteiger partial charge < -0.3 is 4.74 Å². The number of hydrogen-bond acceptors (Lipinski definition) is 6. The van der Waals surface area contributed by atoms with Crippen LogP contribution in [-0.4, -0.2) is 44.8 Å². The lowest BCUT2D eigenvalue weighted by Crippen LogP contribution is -2.62. The minimum absolute atomic E-state index is 0.0110. The number of nitrogens with zero attached hydrogens (tertiary/aromatic N) is 3. The van der Waals surface area contributed by atoms with Gasteiger partial charge in [0.05, 0.1) is 5.56 Å². The average Bonchev–Trinajstić information content (AvgIpc) is 2.98. The van der Waals surface area contributed by atoms with Crippen LogP contribution in [0.1, 0.15) is 34.1 Å². The third-order valence-corrected chi connectivity index (χ3v) is 4.97. The van der Waals surface area contributed by atoms with E-state index in [-0.39, 0.29) is 21.7 Å². The molecule has 2 unspecified atom stereocenters. The molecule has 1 fully saturated rings. The van der Waals surface area contributed by atoms with Crippen LogP contribution in [0.5, 0.6) is 0 Å². The van der Waals surface area contributed by atoms with Crippen LogP contribution < -0.4 is 5.32 Å². The quantitative estimate of drug-likeness (QED) is 0.832. The fraction of sp³-hybridized carbons (Fsp3) is 0.444. The molecule has 2 aromatic rings. The molecule has 150 valence electrons. The summed E-state index contributed by atoms with van der Waals surface area (Å²) in [7, 11) is 0. The summed E-state index contributed by atoms with van der Waals surface area (Å²) in [5.41, 5.74) is -0.973. The molecule has 7 nitrogen and oxygen atoms in total. The molecule has 2 amide bonds. The van der Waals surface area contributed by atoms with E-state index in [0.29, 0.717) is 6.42 Å². The summed E-state index contributed by atoms with van der Waals surface area (Å²) in [5, 5.41) is 10.2. The van der Waals surface area contributed by atoms with Crippen LogP contribution in [0, 0.1) is 11.6 Å². The number of amides is 2. The largest absolute Gasteiger partial charge is 0.444 e. The van der Waals surface area contributed by atoms with Gasteiger partial charge in [0.2, 0.25) is 11.0 Å². The fourth-order valence-electron chi connectivity index (χ4n) is 2.84. The van der Waals surface area contributed by atoms with Crippen LogP contribution in [-0.2, 0) is 9.53 Å². The smallest absolute Gasteiger partial charge is 0.411 e. The van der Waals surface area contributed by atoms with Crippen molar-refractivity contribution in [3.05, 3.63) is 29.8 Å². The third-order valence-electron chi connectivity index (χ3n) is 4.11. The lowest BCUT2D eigenvalue weighted by atomic mass is 9.94. The van der Waals surface area contributed by atoms with E-state index in [0.717, 1.165) is 23.5 Å². The van der Waals surface area contributed by atoms with Gasteiger partial charge in [-0.05, 0) is 46.2 Å². The van der Waals surface area contributed by atoms with Gasteiger partial charge in [-0.15, -0.1) is 10.2 Å². The van der Waals surface area contributed by atoms with Crippen LogP contribution >= 0.6 is 11.3 Å². The van der Waals surface area contributed by atoms with E-state index >= 15 is 0 Å². The number of aromatic nitrogens is 2. The first-order valence-electron chi connectivity index (χ1n) is 8.67. The van der Waals surface area contributed by atoms with Crippen molar-refractivity contribution >= 4 is 28.5 Å². The molecular weight excluding hydrogens is 390 g/mol. The lowest BCUT2D eigenvalue weighted by Gasteiger charge is -2.45. The lowest BCUT2D eigenvalue weighted by molar-refractivity contribution is -0.128. The zero-order valence-electron chi connectivity index (χ0n) is 15.8. The Kier molecular flexibility index (Phi) is 5.33. The molecule has 1 aromatic carbocycles. The Morgan fingerprint density at radius 1 is 1.25 bits per heavy atom. The Labute approximate surface area is 164 Å². The molecule has 0 radical (unpaired) electrons. The van der Waals surface area contributed by atoms with Crippen molar-refractivity contribution in [1.82, 2.24) is 15.1 Å². The molecule has 2 atom stereocenters. The van der Waals surface area contributed by atoms with Crippen molar-refractivity contribution in [2.75, 3.05) is 5.32 Å². The summed E-state index contributed by atoms with van der Waals surface area (Å²) in [4.78, 5) is 26.2. The summed E-state index contributed by atoms with van der Waals surface area (Å²) < 4.78 is 33.1. The van der Waals surface area contributed by atoms with E-state index in [1.54, 1.807) is 20.8 Å². The molecule has 10 heteroatoms. The standard InChI is InChI=1S/C18H20F2N4O3S/c1-9-8-12(24(9)17(26)27-18(2,3)4)14(25)21-16-23-22-15(28-16)13-10(19)6-5-7-11(13)20/h5-7,9,12H,8H2,1-4H3,(H,21,23,25). The van der Waals surface area contributed by atoms with Crippen LogP contribution in [0.4, 0.5) is 18.7 Å². The molecule has 2 heterocycles. The number of carbonyl (C=O) groups excluding carboxylic acids is 2. The molecule has 1 N–H and O–H groups in total. The maximum absolute atomic E-state index is 13.9. The van der Waals surface area contributed by atoms with Crippen molar-refractivity contribution in [2.24, 2.45) is 0 Å². The van der Waals surface area contributed by atoms with Gasteiger partial charge in [0.25, 0.3) is 0 Å². The van der Waals surface area contributed by atoms with Gasteiger partial charge in [0.15, 0.2) is 5.01 Å². The normalized spacial score (nSPS) is 19.1. The van der Waals surface area contributed by atoms with Crippen molar-refractivity contribution in [1.29, 1.82) is 0 Å². The van der Waals surface area contributed by atoms with Crippen LogP contribution in [0.3, 0.4) is 0 Å². The maximum Gasteiger partial charge on any atom is 0.411 e. The second-order valence-electron chi connectivity index (χ2n) is 7.49. The van der Waals surface area contributed by atoms with Gasteiger partial charge in [-0.25, -0.2) is 13.6 Å². The SMILES string of the molecule is CC1CC(C(=O)Nc2nnc(-c3c(F)cccc3F)s2)N1C(=O)OC(C)(C)C. The van der Waals surface area contributed by atoms with E-state index in [4.69, 9.17) is 4.74 Å². The van der Waals surface area contributed by atoms with Crippen molar-refractivity contribution in [2.45, 2.75) is 51.8 Å².